The fraction of sp³-hybridized carbons (Fsp3) is 0.250. The smallest absolute Gasteiger partial charge is 0.371 e. The molecule has 1 amide bonds. The van der Waals surface area contributed by atoms with Gasteiger partial charge >= 0.3 is 5.97 Å². The van der Waals surface area contributed by atoms with Crippen molar-refractivity contribution >= 4 is 11.9 Å². The minimum atomic E-state index is -1.23. The number of hydrogen-bond acceptors (Lipinski definition) is 5. The normalized spacial score (nSPS) is 11.6. The summed E-state index contributed by atoms with van der Waals surface area (Å²) in [6.45, 7) is 1.79. The Morgan fingerprint density at radius 1 is 1.09 bits per heavy atom. The summed E-state index contributed by atoms with van der Waals surface area (Å²) in [5.74, 6) is -0.926. The van der Waals surface area contributed by atoms with Gasteiger partial charge < -0.3 is 24.3 Å². The van der Waals surface area contributed by atoms with Gasteiger partial charge in [-0.2, -0.15) is 0 Å². The van der Waals surface area contributed by atoms with Crippen LogP contribution in [0.4, 0.5) is 0 Å². The molecule has 0 bridgehead atoms. The molecular weight excluding hydrogens is 302 g/mol. The number of aromatic carboxylic acids is 1. The fourth-order valence-electron chi connectivity index (χ4n) is 2.05. The van der Waals surface area contributed by atoms with Gasteiger partial charge in [-0.15, -0.1) is 0 Å². The fourth-order valence-corrected chi connectivity index (χ4v) is 2.05. The van der Waals surface area contributed by atoms with Gasteiger partial charge in [0.15, 0.2) is 17.3 Å². The van der Waals surface area contributed by atoms with E-state index >= 15 is 0 Å². The van der Waals surface area contributed by atoms with E-state index in [0.717, 1.165) is 5.56 Å². The third-order valence-corrected chi connectivity index (χ3v) is 3.30. The lowest BCUT2D eigenvalue weighted by molar-refractivity contribution is 0.0659. The molecule has 23 heavy (non-hydrogen) atoms. The Balaban J connectivity index is 2.12. The van der Waals surface area contributed by atoms with Crippen LogP contribution in [-0.4, -0.2) is 31.2 Å². The van der Waals surface area contributed by atoms with Crippen molar-refractivity contribution in [3.8, 4) is 11.5 Å². The van der Waals surface area contributed by atoms with Crippen molar-refractivity contribution < 1.29 is 28.6 Å². The summed E-state index contributed by atoms with van der Waals surface area (Å²) in [6, 6.07) is 7.52. The number of hydrogen-bond donors (Lipinski definition) is 2. The molecule has 0 saturated heterocycles. The molecule has 7 heteroatoms. The van der Waals surface area contributed by atoms with Crippen LogP contribution >= 0.6 is 0 Å². The van der Waals surface area contributed by atoms with Gasteiger partial charge in [0.2, 0.25) is 5.76 Å². The minimum absolute atomic E-state index is 0.0604. The Morgan fingerprint density at radius 2 is 1.74 bits per heavy atom. The summed E-state index contributed by atoms with van der Waals surface area (Å²) >= 11 is 0. The van der Waals surface area contributed by atoms with Crippen LogP contribution in [0.15, 0.2) is 34.7 Å². The summed E-state index contributed by atoms with van der Waals surface area (Å²) in [5, 5.41) is 11.5. The monoisotopic (exact) mass is 319 g/mol. The van der Waals surface area contributed by atoms with Crippen molar-refractivity contribution in [3.05, 3.63) is 47.4 Å². The molecule has 0 aliphatic heterocycles. The average Bonchev–Trinajstić information content (AvgIpc) is 3.04. The van der Waals surface area contributed by atoms with E-state index in [-0.39, 0.29) is 17.6 Å². The summed E-state index contributed by atoms with van der Waals surface area (Å²) in [6.07, 6.45) is 0. The molecule has 0 unspecified atom stereocenters. The Morgan fingerprint density at radius 3 is 2.30 bits per heavy atom. The second-order valence-corrected chi connectivity index (χ2v) is 4.78. The first kappa shape index (κ1) is 16.4. The van der Waals surface area contributed by atoms with Gasteiger partial charge in [0, 0.05) is 0 Å². The third kappa shape index (κ3) is 3.63. The lowest BCUT2D eigenvalue weighted by Gasteiger charge is -2.16. The van der Waals surface area contributed by atoms with E-state index in [4.69, 9.17) is 19.0 Å². The third-order valence-electron chi connectivity index (χ3n) is 3.30. The highest BCUT2D eigenvalue weighted by Crippen LogP contribution is 2.30. The van der Waals surface area contributed by atoms with Gasteiger partial charge in [0.05, 0.1) is 20.3 Å². The SMILES string of the molecule is COc1ccc([C@H](C)NC(=O)c2ccc(C(=O)O)o2)cc1OC. The molecule has 1 atom stereocenters. The van der Waals surface area contributed by atoms with Crippen molar-refractivity contribution in [1.29, 1.82) is 0 Å². The van der Waals surface area contributed by atoms with E-state index in [1.54, 1.807) is 32.2 Å². The highest BCUT2D eigenvalue weighted by Gasteiger charge is 2.18. The largest absolute Gasteiger partial charge is 0.493 e. The molecule has 1 heterocycles. The zero-order valence-electron chi connectivity index (χ0n) is 13.0. The average molecular weight is 319 g/mol. The lowest BCUT2D eigenvalue weighted by Crippen LogP contribution is -2.26. The number of rotatable bonds is 6. The molecular formula is C16H17NO6. The van der Waals surface area contributed by atoms with Crippen LogP contribution in [0, 0.1) is 0 Å². The van der Waals surface area contributed by atoms with Gasteiger partial charge in [0.25, 0.3) is 5.91 Å². The number of methoxy groups -OCH3 is 2. The molecule has 1 aromatic heterocycles. The van der Waals surface area contributed by atoms with Gasteiger partial charge in [0.1, 0.15) is 0 Å². The van der Waals surface area contributed by atoms with Gasteiger partial charge in [-0.1, -0.05) is 6.07 Å². The van der Waals surface area contributed by atoms with Crippen LogP contribution in [0.1, 0.15) is 39.6 Å². The number of nitrogens with one attached hydrogen (secondary N) is 1. The number of carboxylic acids is 1. The second-order valence-electron chi connectivity index (χ2n) is 4.78. The first-order valence-corrected chi connectivity index (χ1v) is 6.82. The van der Waals surface area contributed by atoms with E-state index in [1.807, 2.05) is 0 Å². The van der Waals surface area contributed by atoms with Gasteiger partial charge in [-0.3, -0.25) is 4.79 Å². The molecule has 2 N–H and O–H groups in total. The highest BCUT2D eigenvalue weighted by molar-refractivity contribution is 5.93. The topological polar surface area (TPSA) is 98.0 Å². The summed E-state index contributed by atoms with van der Waals surface area (Å²) < 4.78 is 15.4. The molecule has 0 saturated carbocycles. The number of ether oxygens (including phenoxy) is 2. The molecule has 0 fully saturated rings. The second kappa shape index (κ2) is 6.87. The minimum Gasteiger partial charge on any atom is -0.493 e. The maximum absolute atomic E-state index is 12.1. The van der Waals surface area contributed by atoms with Crippen LogP contribution in [0.5, 0.6) is 11.5 Å². The van der Waals surface area contributed by atoms with Crippen LogP contribution in [0.2, 0.25) is 0 Å². The van der Waals surface area contributed by atoms with E-state index < -0.39 is 11.9 Å². The highest BCUT2D eigenvalue weighted by atomic mass is 16.5. The number of amides is 1. The molecule has 122 valence electrons. The number of furan rings is 1. The van der Waals surface area contributed by atoms with Crippen molar-refractivity contribution in [3.63, 3.8) is 0 Å². The summed E-state index contributed by atoms with van der Waals surface area (Å²) in [4.78, 5) is 22.8. The zero-order valence-corrected chi connectivity index (χ0v) is 13.0. The summed E-state index contributed by atoms with van der Waals surface area (Å²) in [5.41, 5.74) is 0.806. The predicted octanol–water partition coefficient (Wildman–Crippen LogP) is 2.49. The number of carbonyl (C=O) groups is 2. The van der Waals surface area contributed by atoms with Gasteiger partial charge in [-0.05, 0) is 36.8 Å². The van der Waals surface area contributed by atoms with Crippen LogP contribution in [0.25, 0.3) is 0 Å². The zero-order chi connectivity index (χ0) is 17.0. The molecule has 0 radical (unpaired) electrons. The Labute approximate surface area is 132 Å². The van der Waals surface area contributed by atoms with E-state index in [2.05, 4.69) is 5.32 Å². The van der Waals surface area contributed by atoms with Crippen molar-refractivity contribution in [1.82, 2.24) is 5.32 Å². The molecule has 7 nitrogen and oxygen atoms in total. The van der Waals surface area contributed by atoms with E-state index in [9.17, 15) is 9.59 Å². The van der Waals surface area contributed by atoms with Crippen LogP contribution in [-0.2, 0) is 0 Å². The molecule has 1 aromatic carbocycles. The maximum Gasteiger partial charge on any atom is 0.371 e. The van der Waals surface area contributed by atoms with Crippen LogP contribution in [0.3, 0.4) is 0 Å². The standard InChI is InChI=1S/C16H17NO6/c1-9(10-4-5-11(21-2)14(8-10)22-3)17-15(18)12-6-7-13(23-12)16(19)20/h4-9H,1-3H3,(H,17,18)(H,19,20)/t9-/m0/s1. The summed E-state index contributed by atoms with van der Waals surface area (Å²) in [7, 11) is 3.07. The first-order chi connectivity index (χ1) is 11.0. The number of benzene rings is 1. The number of carbonyl (C=O) groups excluding carboxylic acids is 1. The van der Waals surface area contributed by atoms with Crippen molar-refractivity contribution in [2.75, 3.05) is 14.2 Å². The van der Waals surface area contributed by atoms with Crippen molar-refractivity contribution in [2.24, 2.45) is 0 Å². The predicted molar refractivity (Wildman–Crippen MR) is 81.1 cm³/mol. The quantitative estimate of drug-likeness (QED) is 0.849. The maximum atomic E-state index is 12.1. The van der Waals surface area contributed by atoms with Crippen molar-refractivity contribution in [2.45, 2.75) is 13.0 Å². The molecule has 2 rings (SSSR count). The Hall–Kier alpha value is -2.96. The van der Waals surface area contributed by atoms with Gasteiger partial charge in [-0.25, -0.2) is 4.79 Å². The lowest BCUT2D eigenvalue weighted by atomic mass is 10.1. The molecule has 0 aliphatic rings. The number of carboxylic acid groups (broad SMARTS) is 1. The molecule has 2 aromatic rings. The molecule has 0 aliphatic carbocycles. The first-order valence-electron chi connectivity index (χ1n) is 6.82. The Kier molecular flexibility index (Phi) is 4.90. The van der Waals surface area contributed by atoms with E-state index in [0.29, 0.717) is 11.5 Å². The Bertz CT molecular complexity index is 721. The molecule has 0 spiro atoms. The van der Waals surface area contributed by atoms with Crippen LogP contribution < -0.4 is 14.8 Å². The van der Waals surface area contributed by atoms with E-state index in [1.165, 1.54) is 19.2 Å².